The third kappa shape index (κ3) is 3.26. The third-order valence-corrected chi connectivity index (χ3v) is 3.74. The Morgan fingerprint density at radius 2 is 2.04 bits per heavy atom. The number of rotatable bonds is 3. The summed E-state index contributed by atoms with van der Waals surface area (Å²) in [6.07, 6.45) is 1.56. The van der Waals surface area contributed by atoms with Crippen LogP contribution in [0.25, 0.3) is 10.9 Å². The number of nitrogens with one attached hydrogen (secondary N) is 1. The van der Waals surface area contributed by atoms with Gasteiger partial charge in [-0.1, -0.05) is 31.2 Å². The highest BCUT2D eigenvalue weighted by Gasteiger charge is 2.16. The first-order valence-electron chi connectivity index (χ1n) is 6.81. The van der Waals surface area contributed by atoms with E-state index in [1.807, 2.05) is 6.07 Å². The van der Waals surface area contributed by atoms with Gasteiger partial charge in [-0.2, -0.15) is 0 Å². The summed E-state index contributed by atoms with van der Waals surface area (Å²) in [5.41, 5.74) is 0.892. The van der Waals surface area contributed by atoms with Crippen LogP contribution in [0.4, 0.5) is 5.69 Å². The molecule has 6 heteroatoms. The number of benzene rings is 2. The first-order chi connectivity index (χ1) is 11.1. The average Bonchev–Trinajstić information content (AvgIpc) is 2.57. The minimum Gasteiger partial charge on any atom is -0.505 e. The second-order valence-electron chi connectivity index (χ2n) is 4.84. The zero-order valence-electron chi connectivity index (χ0n) is 12.2. The van der Waals surface area contributed by atoms with E-state index < -0.39 is 5.91 Å². The number of halogens is 1. The van der Waals surface area contributed by atoms with Crippen molar-refractivity contribution >= 4 is 34.1 Å². The predicted molar refractivity (Wildman–Crippen MR) is 96.1 cm³/mol. The van der Waals surface area contributed by atoms with Crippen molar-refractivity contribution in [1.29, 1.82) is 0 Å². The molecule has 0 aliphatic heterocycles. The van der Waals surface area contributed by atoms with Crippen LogP contribution in [0.1, 0.15) is 17.8 Å². The Balaban J connectivity index is 0.00000208. The summed E-state index contributed by atoms with van der Waals surface area (Å²) in [5, 5.41) is 14.1. The van der Waals surface area contributed by atoms with Gasteiger partial charge < -0.3 is 15.2 Å². The van der Waals surface area contributed by atoms with Crippen LogP contribution in [0.2, 0.25) is 5.02 Å². The van der Waals surface area contributed by atoms with Crippen LogP contribution in [-0.4, -0.2) is 23.1 Å². The van der Waals surface area contributed by atoms with Gasteiger partial charge in [0.05, 0.1) is 23.4 Å². The summed E-state index contributed by atoms with van der Waals surface area (Å²) in [7, 11) is 1.52. The summed E-state index contributed by atoms with van der Waals surface area (Å²) < 4.78 is 5.11. The number of methoxy groups -OCH3 is 1. The fourth-order valence-corrected chi connectivity index (χ4v) is 2.39. The number of phenols is 1. The second kappa shape index (κ2) is 7.19. The first-order valence-corrected chi connectivity index (χ1v) is 7.19. The lowest BCUT2D eigenvalue weighted by molar-refractivity contribution is 0.102. The molecule has 3 rings (SSSR count). The number of aromatic nitrogens is 1. The summed E-state index contributed by atoms with van der Waals surface area (Å²) in [6, 6.07) is 11.8. The first kappa shape index (κ1) is 17.6. The number of amides is 1. The van der Waals surface area contributed by atoms with E-state index in [1.54, 1.807) is 42.6 Å². The normalized spacial score (nSPS) is 10.1. The van der Waals surface area contributed by atoms with Crippen molar-refractivity contribution in [1.82, 2.24) is 4.98 Å². The van der Waals surface area contributed by atoms with E-state index in [-0.39, 0.29) is 18.7 Å². The van der Waals surface area contributed by atoms with Crippen LogP contribution in [0, 0.1) is 0 Å². The van der Waals surface area contributed by atoms with E-state index in [0.717, 1.165) is 5.39 Å². The van der Waals surface area contributed by atoms with Gasteiger partial charge in [0.2, 0.25) is 0 Å². The molecule has 0 spiro atoms. The molecule has 0 saturated heterocycles. The van der Waals surface area contributed by atoms with E-state index in [2.05, 4.69) is 10.3 Å². The van der Waals surface area contributed by atoms with Crippen LogP contribution in [0.5, 0.6) is 11.5 Å². The molecule has 0 radical (unpaired) electrons. The number of carbonyl (C=O) groups excluding carboxylic acids is 1. The largest absolute Gasteiger partial charge is 0.505 e. The number of anilines is 1. The minimum atomic E-state index is -0.481. The Kier molecular flexibility index (Phi) is 5.26. The number of nitrogens with zero attached hydrogens (tertiary/aromatic N) is 1. The van der Waals surface area contributed by atoms with Gasteiger partial charge in [-0.3, -0.25) is 9.78 Å². The van der Waals surface area contributed by atoms with Gasteiger partial charge in [0.15, 0.2) is 5.75 Å². The lowest BCUT2D eigenvalue weighted by Crippen LogP contribution is -2.12. The SMILES string of the molecule is C.COc1ccc(Cl)c(NC(=O)c2ccc3cccnc3c2O)c1. The fraction of sp³-hybridized carbons (Fsp3) is 0.111. The third-order valence-electron chi connectivity index (χ3n) is 3.41. The number of phenolic OH excluding ortho intramolecular Hbond substituents is 1. The molecule has 5 nitrogen and oxygen atoms in total. The van der Waals surface area contributed by atoms with E-state index in [4.69, 9.17) is 16.3 Å². The number of hydrogen-bond donors (Lipinski definition) is 2. The molecule has 2 aromatic carbocycles. The van der Waals surface area contributed by atoms with Gasteiger partial charge >= 0.3 is 0 Å². The van der Waals surface area contributed by atoms with Crippen LogP contribution in [-0.2, 0) is 0 Å². The molecule has 1 aromatic heterocycles. The van der Waals surface area contributed by atoms with E-state index >= 15 is 0 Å². The van der Waals surface area contributed by atoms with Crippen molar-refractivity contribution in [2.24, 2.45) is 0 Å². The lowest BCUT2D eigenvalue weighted by Gasteiger charge is -2.11. The highest BCUT2D eigenvalue weighted by Crippen LogP contribution is 2.30. The second-order valence-corrected chi connectivity index (χ2v) is 5.24. The molecule has 3 aromatic rings. The molecule has 0 aliphatic rings. The van der Waals surface area contributed by atoms with Gasteiger partial charge in [-0.25, -0.2) is 0 Å². The smallest absolute Gasteiger partial charge is 0.259 e. The molecular weight excluding hydrogens is 328 g/mol. The molecule has 124 valence electrons. The Bertz CT molecular complexity index is 897. The van der Waals surface area contributed by atoms with Crippen molar-refractivity contribution < 1.29 is 14.6 Å². The summed E-state index contributed by atoms with van der Waals surface area (Å²) in [4.78, 5) is 16.5. The standard InChI is InChI=1S/C17H13ClN2O3.CH4/c1-23-11-5-7-13(18)14(9-11)20-17(22)12-6-4-10-3-2-8-19-15(10)16(12)21;/h2-9,21H,1H3,(H,20,22);1H4. The van der Waals surface area contributed by atoms with Gasteiger partial charge in [-0.05, 0) is 24.3 Å². The highest BCUT2D eigenvalue weighted by atomic mass is 35.5. The molecule has 24 heavy (non-hydrogen) atoms. The lowest BCUT2D eigenvalue weighted by atomic mass is 10.1. The number of pyridine rings is 1. The molecule has 0 aliphatic carbocycles. The van der Waals surface area contributed by atoms with Crippen molar-refractivity contribution in [2.75, 3.05) is 12.4 Å². The number of ether oxygens (including phenoxy) is 1. The van der Waals surface area contributed by atoms with Crippen LogP contribution < -0.4 is 10.1 Å². The Labute approximate surface area is 144 Å². The molecule has 1 heterocycles. The topological polar surface area (TPSA) is 71.5 Å². The number of fused-ring (bicyclic) bond motifs is 1. The summed E-state index contributed by atoms with van der Waals surface area (Å²) in [6.45, 7) is 0. The van der Waals surface area contributed by atoms with Gasteiger partial charge in [0.25, 0.3) is 5.91 Å². The fourth-order valence-electron chi connectivity index (χ4n) is 2.23. The van der Waals surface area contributed by atoms with E-state index in [0.29, 0.717) is 22.0 Å². The Hall–Kier alpha value is -2.79. The summed E-state index contributed by atoms with van der Waals surface area (Å²) >= 11 is 6.07. The Morgan fingerprint density at radius 3 is 2.79 bits per heavy atom. The molecule has 0 atom stereocenters. The highest BCUT2D eigenvalue weighted by molar-refractivity contribution is 6.34. The number of aromatic hydroxyl groups is 1. The zero-order valence-corrected chi connectivity index (χ0v) is 13.0. The number of hydrogen-bond acceptors (Lipinski definition) is 4. The number of carbonyl (C=O) groups is 1. The molecular formula is C18H17ClN2O3. The molecule has 2 N–H and O–H groups in total. The predicted octanol–water partition coefficient (Wildman–Crippen LogP) is 4.49. The molecule has 0 saturated carbocycles. The molecule has 0 unspecified atom stereocenters. The maximum Gasteiger partial charge on any atom is 0.259 e. The Morgan fingerprint density at radius 1 is 1.25 bits per heavy atom. The average molecular weight is 345 g/mol. The maximum absolute atomic E-state index is 12.4. The maximum atomic E-state index is 12.4. The molecule has 0 fully saturated rings. The molecule has 1 amide bonds. The van der Waals surface area contributed by atoms with Crippen LogP contribution in [0.3, 0.4) is 0 Å². The minimum absolute atomic E-state index is 0. The van der Waals surface area contributed by atoms with Crippen LogP contribution >= 0.6 is 11.6 Å². The molecule has 0 bridgehead atoms. The van der Waals surface area contributed by atoms with Gasteiger partial charge in [-0.15, -0.1) is 0 Å². The van der Waals surface area contributed by atoms with Gasteiger partial charge in [0.1, 0.15) is 11.3 Å². The van der Waals surface area contributed by atoms with Gasteiger partial charge in [0, 0.05) is 17.6 Å². The van der Waals surface area contributed by atoms with E-state index in [9.17, 15) is 9.90 Å². The van der Waals surface area contributed by atoms with Crippen molar-refractivity contribution in [3.05, 3.63) is 59.2 Å². The van der Waals surface area contributed by atoms with Crippen molar-refractivity contribution in [3.63, 3.8) is 0 Å². The van der Waals surface area contributed by atoms with Crippen molar-refractivity contribution in [2.45, 2.75) is 7.43 Å². The zero-order chi connectivity index (χ0) is 16.4. The quantitative estimate of drug-likeness (QED) is 0.734. The summed E-state index contributed by atoms with van der Waals surface area (Å²) in [5.74, 6) is -0.0843. The van der Waals surface area contributed by atoms with E-state index in [1.165, 1.54) is 7.11 Å². The monoisotopic (exact) mass is 344 g/mol. The van der Waals surface area contributed by atoms with Crippen LogP contribution in [0.15, 0.2) is 48.7 Å². The van der Waals surface area contributed by atoms with Crippen molar-refractivity contribution in [3.8, 4) is 11.5 Å².